The molecule has 0 amide bonds. The normalized spacial score (nSPS) is 22.6. The van der Waals surface area contributed by atoms with Crippen molar-refractivity contribution in [2.24, 2.45) is 5.73 Å². The van der Waals surface area contributed by atoms with E-state index in [0.717, 1.165) is 23.1 Å². The van der Waals surface area contributed by atoms with Crippen LogP contribution >= 0.6 is 28.3 Å². The lowest BCUT2D eigenvalue weighted by atomic mass is 9.90. The Bertz CT molecular complexity index is 413. The molecule has 1 aromatic carbocycles. The summed E-state index contributed by atoms with van der Waals surface area (Å²) >= 11 is 3.30. The van der Waals surface area contributed by atoms with Gasteiger partial charge in [0.15, 0.2) is 0 Å². The fourth-order valence-corrected chi connectivity index (χ4v) is 1.89. The molecule has 1 fully saturated rings. The molecular weight excluding hydrogens is 291 g/mol. The lowest BCUT2D eigenvalue weighted by Crippen LogP contribution is -2.43. The monoisotopic (exact) mass is 302 g/mol. The molecule has 0 atom stereocenters. The van der Waals surface area contributed by atoms with Gasteiger partial charge >= 0.3 is 0 Å². The molecule has 0 saturated heterocycles. The maximum Gasteiger partial charge on any atom is 0.121 e. The second-order valence-electron chi connectivity index (χ2n) is 3.72. The number of benzene rings is 1. The summed E-state index contributed by atoms with van der Waals surface area (Å²) in [5.74, 6) is 0.742. The highest BCUT2D eigenvalue weighted by Gasteiger charge is 2.27. The van der Waals surface area contributed by atoms with Gasteiger partial charge in [0.1, 0.15) is 17.9 Å². The molecule has 2 rings (SSSR count). The molecule has 0 radical (unpaired) electrons. The predicted octanol–water partition coefficient (Wildman–Crippen LogP) is 2.61. The quantitative estimate of drug-likeness (QED) is 0.913. The van der Waals surface area contributed by atoms with Gasteiger partial charge in [-0.2, -0.15) is 5.26 Å². The zero-order valence-corrected chi connectivity index (χ0v) is 10.9. The molecule has 0 spiro atoms. The van der Waals surface area contributed by atoms with Crippen molar-refractivity contribution >= 4 is 28.3 Å². The van der Waals surface area contributed by atoms with Gasteiger partial charge in [-0.1, -0.05) is 0 Å². The maximum absolute atomic E-state index is 8.83. The highest BCUT2D eigenvalue weighted by molar-refractivity contribution is 9.10. The number of halogens is 2. The van der Waals surface area contributed by atoms with E-state index >= 15 is 0 Å². The minimum atomic E-state index is 0. The molecule has 2 N–H and O–H groups in total. The number of nitriles is 1. The maximum atomic E-state index is 8.83. The van der Waals surface area contributed by atoms with Crippen LogP contribution in [0.15, 0.2) is 22.7 Å². The highest BCUT2D eigenvalue weighted by atomic mass is 79.9. The van der Waals surface area contributed by atoms with Gasteiger partial charge in [0, 0.05) is 10.5 Å². The molecule has 5 heteroatoms. The summed E-state index contributed by atoms with van der Waals surface area (Å²) in [6.07, 6.45) is 2.02. The van der Waals surface area contributed by atoms with Gasteiger partial charge in [-0.3, -0.25) is 0 Å². The Morgan fingerprint density at radius 2 is 2.12 bits per heavy atom. The zero-order valence-electron chi connectivity index (χ0n) is 8.52. The van der Waals surface area contributed by atoms with Crippen molar-refractivity contribution in [2.45, 2.75) is 25.0 Å². The Labute approximate surface area is 109 Å². The van der Waals surface area contributed by atoms with Crippen LogP contribution in [0, 0.1) is 11.3 Å². The first-order valence-corrected chi connectivity index (χ1v) is 5.60. The van der Waals surface area contributed by atoms with Crippen LogP contribution in [-0.4, -0.2) is 12.1 Å². The Kier molecular flexibility index (Phi) is 4.60. The second-order valence-corrected chi connectivity index (χ2v) is 4.58. The average molecular weight is 304 g/mol. The van der Waals surface area contributed by atoms with Gasteiger partial charge in [-0.25, -0.2) is 0 Å². The van der Waals surface area contributed by atoms with Crippen LogP contribution in [0.4, 0.5) is 0 Å². The Morgan fingerprint density at radius 3 is 2.69 bits per heavy atom. The van der Waals surface area contributed by atoms with E-state index in [1.54, 1.807) is 6.07 Å². The summed E-state index contributed by atoms with van der Waals surface area (Å²) in [5.41, 5.74) is 6.26. The third-order valence-corrected chi connectivity index (χ3v) is 3.18. The summed E-state index contributed by atoms with van der Waals surface area (Å²) in [5, 5.41) is 8.83. The van der Waals surface area contributed by atoms with Crippen LogP contribution in [-0.2, 0) is 0 Å². The topological polar surface area (TPSA) is 59.0 Å². The van der Waals surface area contributed by atoms with E-state index in [0.29, 0.717) is 5.56 Å². The molecule has 0 unspecified atom stereocenters. The van der Waals surface area contributed by atoms with Gasteiger partial charge in [-0.05, 0) is 47.0 Å². The Morgan fingerprint density at radius 1 is 1.44 bits per heavy atom. The van der Waals surface area contributed by atoms with Gasteiger partial charge in [-0.15, -0.1) is 12.4 Å². The Balaban J connectivity index is 0.00000128. The van der Waals surface area contributed by atoms with Crippen molar-refractivity contribution in [3.63, 3.8) is 0 Å². The molecule has 1 aliphatic rings. The van der Waals surface area contributed by atoms with Gasteiger partial charge in [0.2, 0.25) is 0 Å². The van der Waals surface area contributed by atoms with Crippen LogP contribution in [0.1, 0.15) is 18.4 Å². The average Bonchev–Trinajstić information content (AvgIpc) is 2.18. The van der Waals surface area contributed by atoms with Crippen LogP contribution in [0.2, 0.25) is 0 Å². The summed E-state index contributed by atoms with van der Waals surface area (Å²) in [6, 6.07) is 7.81. The number of ether oxygens (including phenoxy) is 1. The van der Waals surface area contributed by atoms with Crippen LogP contribution in [0.25, 0.3) is 0 Å². The first-order chi connectivity index (χ1) is 7.19. The molecule has 1 aromatic rings. The predicted molar refractivity (Wildman–Crippen MR) is 67.7 cm³/mol. The van der Waals surface area contributed by atoms with E-state index in [2.05, 4.69) is 22.0 Å². The summed E-state index contributed by atoms with van der Waals surface area (Å²) in [6.45, 7) is 0. The standard InChI is InChI=1S/C11H11BrN2O.ClH/c12-11-2-1-9(3-7(11)6-13)15-10-4-8(14)5-10;/h1-3,8,10H,4-5,14H2;1H. The molecule has 0 heterocycles. The first kappa shape index (κ1) is 13.3. The smallest absolute Gasteiger partial charge is 0.121 e. The third kappa shape index (κ3) is 2.88. The lowest BCUT2D eigenvalue weighted by Gasteiger charge is -2.32. The third-order valence-electron chi connectivity index (χ3n) is 2.49. The van der Waals surface area contributed by atoms with Crippen molar-refractivity contribution in [2.75, 3.05) is 0 Å². The molecule has 1 saturated carbocycles. The fourth-order valence-electron chi connectivity index (χ4n) is 1.56. The van der Waals surface area contributed by atoms with Crippen molar-refractivity contribution in [3.05, 3.63) is 28.2 Å². The van der Waals surface area contributed by atoms with E-state index < -0.39 is 0 Å². The van der Waals surface area contributed by atoms with E-state index in [1.165, 1.54) is 0 Å². The fraction of sp³-hybridized carbons (Fsp3) is 0.364. The molecule has 0 aliphatic heterocycles. The van der Waals surface area contributed by atoms with Gasteiger partial charge in [0.25, 0.3) is 0 Å². The zero-order chi connectivity index (χ0) is 10.8. The highest BCUT2D eigenvalue weighted by Crippen LogP contribution is 2.27. The molecule has 0 aromatic heterocycles. The summed E-state index contributed by atoms with van der Waals surface area (Å²) < 4.78 is 6.46. The SMILES string of the molecule is Cl.N#Cc1cc(OC2CC(N)C2)ccc1Br. The summed E-state index contributed by atoms with van der Waals surface area (Å²) in [4.78, 5) is 0. The minimum Gasteiger partial charge on any atom is -0.490 e. The first-order valence-electron chi connectivity index (χ1n) is 4.81. The van der Waals surface area contributed by atoms with E-state index in [4.69, 9.17) is 15.7 Å². The Hall–Kier alpha value is -0.760. The second kappa shape index (κ2) is 5.53. The van der Waals surface area contributed by atoms with E-state index in [1.807, 2.05) is 12.1 Å². The molecule has 1 aliphatic carbocycles. The van der Waals surface area contributed by atoms with Crippen molar-refractivity contribution in [1.29, 1.82) is 5.26 Å². The minimum absolute atomic E-state index is 0. The molecule has 86 valence electrons. The van der Waals surface area contributed by atoms with Crippen LogP contribution in [0.5, 0.6) is 5.75 Å². The summed E-state index contributed by atoms with van der Waals surface area (Å²) in [7, 11) is 0. The van der Waals surface area contributed by atoms with E-state index in [-0.39, 0.29) is 24.6 Å². The van der Waals surface area contributed by atoms with Gasteiger partial charge in [0.05, 0.1) is 5.56 Å². The van der Waals surface area contributed by atoms with Crippen LogP contribution in [0.3, 0.4) is 0 Å². The molecule has 3 nitrogen and oxygen atoms in total. The van der Waals surface area contributed by atoms with Crippen molar-refractivity contribution in [1.82, 2.24) is 0 Å². The molecular formula is C11H12BrClN2O. The largest absolute Gasteiger partial charge is 0.490 e. The van der Waals surface area contributed by atoms with E-state index in [9.17, 15) is 0 Å². The number of hydrogen-bond donors (Lipinski definition) is 1. The number of hydrogen-bond acceptors (Lipinski definition) is 3. The van der Waals surface area contributed by atoms with Gasteiger partial charge < -0.3 is 10.5 Å². The molecule has 16 heavy (non-hydrogen) atoms. The molecule has 0 bridgehead atoms. The van der Waals surface area contributed by atoms with Crippen molar-refractivity contribution < 1.29 is 4.74 Å². The number of rotatable bonds is 2. The number of nitrogens with two attached hydrogens (primary N) is 1. The van der Waals surface area contributed by atoms with Crippen LogP contribution < -0.4 is 10.5 Å². The lowest BCUT2D eigenvalue weighted by molar-refractivity contribution is 0.101. The van der Waals surface area contributed by atoms with Crippen molar-refractivity contribution in [3.8, 4) is 11.8 Å². The number of nitrogens with zero attached hydrogens (tertiary/aromatic N) is 1.